The minimum Gasteiger partial charge on any atom is -0.379 e. The molecule has 20 heavy (non-hydrogen) atoms. The van der Waals surface area contributed by atoms with E-state index in [0.29, 0.717) is 5.56 Å². The molecule has 106 valence electrons. The van der Waals surface area contributed by atoms with Gasteiger partial charge >= 0.3 is 0 Å². The van der Waals surface area contributed by atoms with Crippen LogP contribution in [0, 0.1) is 11.6 Å². The number of rotatable bonds is 4. The molecule has 5 heteroatoms. The SMILES string of the molecule is CN(C)c1ccc(Br)cc1NCc1cccc(F)c1F. The van der Waals surface area contributed by atoms with Crippen LogP contribution in [-0.2, 0) is 6.54 Å². The normalized spacial score (nSPS) is 10.4. The minimum absolute atomic E-state index is 0.223. The van der Waals surface area contributed by atoms with E-state index in [0.717, 1.165) is 21.9 Å². The summed E-state index contributed by atoms with van der Waals surface area (Å²) in [5.41, 5.74) is 2.13. The third kappa shape index (κ3) is 3.28. The van der Waals surface area contributed by atoms with Crippen molar-refractivity contribution in [1.29, 1.82) is 0 Å². The lowest BCUT2D eigenvalue weighted by atomic mass is 10.2. The van der Waals surface area contributed by atoms with E-state index in [9.17, 15) is 8.78 Å². The zero-order valence-corrected chi connectivity index (χ0v) is 12.8. The van der Waals surface area contributed by atoms with E-state index in [1.165, 1.54) is 6.07 Å². The molecule has 2 nitrogen and oxygen atoms in total. The summed E-state index contributed by atoms with van der Waals surface area (Å²) in [4.78, 5) is 1.96. The first-order chi connectivity index (χ1) is 9.49. The molecule has 0 aliphatic carbocycles. The van der Waals surface area contributed by atoms with Crippen LogP contribution in [-0.4, -0.2) is 14.1 Å². The molecule has 0 amide bonds. The quantitative estimate of drug-likeness (QED) is 0.886. The summed E-state index contributed by atoms with van der Waals surface area (Å²) in [6.45, 7) is 0.223. The molecule has 0 aliphatic heterocycles. The van der Waals surface area contributed by atoms with Crippen LogP contribution in [0.25, 0.3) is 0 Å². The number of halogens is 3. The molecule has 0 fully saturated rings. The van der Waals surface area contributed by atoms with Gasteiger partial charge in [0.2, 0.25) is 0 Å². The van der Waals surface area contributed by atoms with Gasteiger partial charge < -0.3 is 10.2 Å². The maximum Gasteiger partial charge on any atom is 0.163 e. The second-order valence-electron chi connectivity index (χ2n) is 4.62. The van der Waals surface area contributed by atoms with Crippen LogP contribution in [0.5, 0.6) is 0 Å². The van der Waals surface area contributed by atoms with E-state index in [4.69, 9.17) is 0 Å². The fourth-order valence-corrected chi connectivity index (χ4v) is 2.28. The predicted molar refractivity (Wildman–Crippen MR) is 82.2 cm³/mol. The molecular weight excluding hydrogens is 326 g/mol. The Labute approximate surface area is 125 Å². The van der Waals surface area contributed by atoms with Crippen LogP contribution in [0.3, 0.4) is 0 Å². The molecule has 0 atom stereocenters. The monoisotopic (exact) mass is 340 g/mol. The molecule has 2 aromatic rings. The molecule has 0 unspecified atom stereocenters. The van der Waals surface area contributed by atoms with Gasteiger partial charge in [0.05, 0.1) is 11.4 Å². The van der Waals surface area contributed by atoms with Crippen molar-refractivity contribution in [1.82, 2.24) is 0 Å². The summed E-state index contributed by atoms with van der Waals surface area (Å²) in [5, 5.41) is 3.14. The van der Waals surface area contributed by atoms with Crippen molar-refractivity contribution in [3.63, 3.8) is 0 Å². The van der Waals surface area contributed by atoms with Gasteiger partial charge in [-0.1, -0.05) is 28.1 Å². The lowest BCUT2D eigenvalue weighted by Gasteiger charge is -2.19. The second-order valence-corrected chi connectivity index (χ2v) is 5.54. The third-order valence-corrected chi connectivity index (χ3v) is 3.43. The van der Waals surface area contributed by atoms with Crippen LogP contribution in [0.15, 0.2) is 40.9 Å². The summed E-state index contributed by atoms with van der Waals surface area (Å²) in [7, 11) is 3.86. The fraction of sp³-hybridized carbons (Fsp3) is 0.200. The van der Waals surface area contributed by atoms with Gasteiger partial charge in [-0.05, 0) is 24.3 Å². The van der Waals surface area contributed by atoms with E-state index >= 15 is 0 Å². The molecule has 0 heterocycles. The minimum atomic E-state index is -0.827. The van der Waals surface area contributed by atoms with Crippen LogP contribution in [0.2, 0.25) is 0 Å². The Morgan fingerprint density at radius 3 is 2.60 bits per heavy atom. The van der Waals surface area contributed by atoms with Crippen LogP contribution >= 0.6 is 15.9 Å². The lowest BCUT2D eigenvalue weighted by Crippen LogP contribution is -2.12. The van der Waals surface area contributed by atoms with Gasteiger partial charge in [0.1, 0.15) is 0 Å². The smallest absolute Gasteiger partial charge is 0.163 e. The molecule has 0 spiro atoms. The maximum absolute atomic E-state index is 13.6. The summed E-state index contributed by atoms with van der Waals surface area (Å²) in [5.74, 6) is -1.63. The van der Waals surface area contributed by atoms with Gasteiger partial charge in [0.25, 0.3) is 0 Å². The molecule has 0 radical (unpaired) electrons. The zero-order chi connectivity index (χ0) is 14.7. The van der Waals surface area contributed by atoms with Gasteiger partial charge in [-0.15, -0.1) is 0 Å². The van der Waals surface area contributed by atoms with E-state index in [1.807, 2.05) is 37.2 Å². The van der Waals surface area contributed by atoms with E-state index in [2.05, 4.69) is 21.2 Å². The number of hydrogen-bond donors (Lipinski definition) is 1. The Morgan fingerprint density at radius 1 is 1.15 bits per heavy atom. The Morgan fingerprint density at radius 2 is 1.90 bits per heavy atom. The Balaban J connectivity index is 2.22. The first-order valence-electron chi connectivity index (χ1n) is 6.12. The van der Waals surface area contributed by atoms with Crippen molar-refractivity contribution in [2.75, 3.05) is 24.3 Å². The largest absolute Gasteiger partial charge is 0.379 e. The molecule has 0 saturated carbocycles. The average Bonchev–Trinajstić information content (AvgIpc) is 2.40. The fourth-order valence-electron chi connectivity index (χ4n) is 1.92. The third-order valence-electron chi connectivity index (χ3n) is 2.94. The highest BCUT2D eigenvalue weighted by molar-refractivity contribution is 9.10. The Kier molecular flexibility index (Phi) is 4.60. The lowest BCUT2D eigenvalue weighted by molar-refractivity contribution is 0.500. The van der Waals surface area contributed by atoms with Crippen molar-refractivity contribution in [3.05, 3.63) is 58.1 Å². The van der Waals surface area contributed by atoms with Crippen molar-refractivity contribution >= 4 is 27.3 Å². The Bertz CT molecular complexity index is 615. The predicted octanol–water partition coefficient (Wildman–Crippen LogP) is 4.41. The van der Waals surface area contributed by atoms with Crippen molar-refractivity contribution in [2.24, 2.45) is 0 Å². The number of nitrogens with one attached hydrogen (secondary N) is 1. The number of nitrogens with zero attached hydrogens (tertiary/aromatic N) is 1. The van der Waals surface area contributed by atoms with Crippen molar-refractivity contribution < 1.29 is 8.78 Å². The first kappa shape index (κ1) is 14.8. The summed E-state index contributed by atoms with van der Waals surface area (Å²) >= 11 is 3.41. The molecule has 2 aromatic carbocycles. The highest BCUT2D eigenvalue weighted by atomic mass is 79.9. The van der Waals surface area contributed by atoms with E-state index < -0.39 is 11.6 Å². The van der Waals surface area contributed by atoms with Crippen molar-refractivity contribution in [2.45, 2.75) is 6.54 Å². The molecule has 2 rings (SSSR count). The van der Waals surface area contributed by atoms with Crippen molar-refractivity contribution in [3.8, 4) is 0 Å². The molecule has 1 N–H and O–H groups in total. The van der Waals surface area contributed by atoms with Gasteiger partial charge in [0.15, 0.2) is 11.6 Å². The molecular formula is C15H15BrF2N2. The van der Waals surface area contributed by atoms with E-state index in [1.54, 1.807) is 6.07 Å². The number of hydrogen-bond acceptors (Lipinski definition) is 2. The number of anilines is 2. The van der Waals surface area contributed by atoms with Crippen LogP contribution < -0.4 is 10.2 Å². The maximum atomic E-state index is 13.6. The van der Waals surface area contributed by atoms with E-state index in [-0.39, 0.29) is 6.54 Å². The molecule has 0 aromatic heterocycles. The van der Waals surface area contributed by atoms with Gasteiger partial charge in [0, 0.05) is 30.7 Å². The Hall–Kier alpha value is -1.62. The molecule has 0 bridgehead atoms. The average molecular weight is 341 g/mol. The zero-order valence-electron chi connectivity index (χ0n) is 11.3. The number of benzene rings is 2. The van der Waals surface area contributed by atoms with Gasteiger partial charge in [-0.3, -0.25) is 0 Å². The van der Waals surface area contributed by atoms with Gasteiger partial charge in [-0.25, -0.2) is 8.78 Å². The summed E-state index contributed by atoms with van der Waals surface area (Å²) in [6.07, 6.45) is 0. The highest BCUT2D eigenvalue weighted by Crippen LogP contribution is 2.28. The second kappa shape index (κ2) is 6.22. The standard InChI is InChI=1S/C15H15BrF2N2/c1-20(2)14-7-6-11(16)8-13(14)19-9-10-4-3-5-12(17)15(10)18/h3-8,19H,9H2,1-2H3. The van der Waals surface area contributed by atoms with Crippen LogP contribution in [0.4, 0.5) is 20.2 Å². The van der Waals surface area contributed by atoms with Crippen LogP contribution in [0.1, 0.15) is 5.56 Å². The highest BCUT2D eigenvalue weighted by Gasteiger charge is 2.09. The van der Waals surface area contributed by atoms with Gasteiger partial charge in [-0.2, -0.15) is 0 Å². The summed E-state index contributed by atoms with van der Waals surface area (Å²) < 4.78 is 27.7. The molecule has 0 aliphatic rings. The summed E-state index contributed by atoms with van der Waals surface area (Å²) in [6, 6.07) is 9.98. The topological polar surface area (TPSA) is 15.3 Å². The first-order valence-corrected chi connectivity index (χ1v) is 6.92. The molecule has 0 saturated heterocycles.